The molecule has 25 heavy (non-hydrogen) atoms. The van der Waals surface area contributed by atoms with Crippen molar-refractivity contribution in [3.8, 4) is 34.7 Å². The van der Waals surface area contributed by atoms with Crippen LogP contribution in [0.2, 0.25) is 0 Å². The van der Waals surface area contributed by atoms with Gasteiger partial charge in [-0.1, -0.05) is 61.2 Å². The van der Waals surface area contributed by atoms with E-state index >= 15 is 0 Å². The van der Waals surface area contributed by atoms with Crippen LogP contribution in [0.15, 0.2) is 79.4 Å². The number of pyridine rings is 1. The molecule has 0 atom stereocenters. The number of para-hydroxylation sites is 1. The van der Waals surface area contributed by atoms with Gasteiger partial charge in [0.05, 0.1) is 5.69 Å². The highest BCUT2D eigenvalue weighted by Gasteiger charge is 2.16. The molecule has 4 heteroatoms. The average Bonchev–Trinajstić information content (AvgIpc) is 2.67. The van der Waals surface area contributed by atoms with Gasteiger partial charge in [0.2, 0.25) is 5.88 Å². The number of rotatable bonds is 6. The van der Waals surface area contributed by atoms with Crippen molar-refractivity contribution in [1.82, 2.24) is 4.98 Å². The minimum absolute atomic E-state index is 0.289. The second-order valence-corrected chi connectivity index (χ2v) is 5.17. The SMILES string of the molecule is C=CCOc1cc(Oc2ccccc2)nc(-c2ccccc2)c1C#N. The summed E-state index contributed by atoms with van der Waals surface area (Å²) < 4.78 is 11.5. The zero-order valence-corrected chi connectivity index (χ0v) is 13.6. The van der Waals surface area contributed by atoms with Crippen molar-refractivity contribution in [3.63, 3.8) is 0 Å². The Bertz CT molecular complexity index is 900. The van der Waals surface area contributed by atoms with Crippen molar-refractivity contribution >= 4 is 0 Å². The molecule has 0 bridgehead atoms. The molecular formula is C21H16N2O2. The molecule has 1 aromatic heterocycles. The maximum Gasteiger partial charge on any atom is 0.223 e. The predicted octanol–water partition coefficient (Wildman–Crippen LogP) is 4.98. The Kier molecular flexibility index (Phi) is 5.08. The molecule has 0 radical (unpaired) electrons. The highest BCUT2D eigenvalue weighted by molar-refractivity contribution is 5.71. The van der Waals surface area contributed by atoms with E-state index in [1.54, 1.807) is 12.1 Å². The maximum atomic E-state index is 9.60. The van der Waals surface area contributed by atoms with Crippen molar-refractivity contribution < 1.29 is 9.47 Å². The normalized spacial score (nSPS) is 9.88. The molecule has 0 fully saturated rings. The molecular weight excluding hydrogens is 312 g/mol. The zero-order chi connectivity index (χ0) is 17.5. The van der Waals surface area contributed by atoms with Gasteiger partial charge in [-0.25, -0.2) is 4.98 Å². The van der Waals surface area contributed by atoms with Crippen molar-refractivity contribution in [2.24, 2.45) is 0 Å². The standard InChI is InChI=1S/C21H16N2O2/c1-2-13-24-19-14-20(25-17-11-7-4-8-12-17)23-21(18(19)15-22)16-9-5-3-6-10-16/h2-12,14H,1,13H2. The van der Waals surface area contributed by atoms with E-state index < -0.39 is 0 Å². The van der Waals surface area contributed by atoms with Gasteiger partial charge in [-0.3, -0.25) is 0 Å². The fraction of sp³-hybridized carbons (Fsp3) is 0.0476. The van der Waals surface area contributed by atoms with Crippen molar-refractivity contribution in [3.05, 3.63) is 84.9 Å². The summed E-state index contributed by atoms with van der Waals surface area (Å²) in [6, 6.07) is 22.7. The molecule has 3 aromatic rings. The number of benzene rings is 2. The third kappa shape index (κ3) is 3.85. The van der Waals surface area contributed by atoms with Crippen LogP contribution in [0.1, 0.15) is 5.56 Å². The minimum atomic E-state index is 0.289. The van der Waals surface area contributed by atoms with Crippen LogP contribution in [0, 0.1) is 11.3 Å². The Labute approximate surface area is 146 Å². The first-order chi connectivity index (χ1) is 12.3. The first kappa shape index (κ1) is 16.3. The smallest absolute Gasteiger partial charge is 0.223 e. The lowest BCUT2D eigenvalue weighted by atomic mass is 10.1. The van der Waals surface area contributed by atoms with Gasteiger partial charge in [-0.05, 0) is 12.1 Å². The fourth-order valence-corrected chi connectivity index (χ4v) is 2.34. The number of hydrogen-bond acceptors (Lipinski definition) is 4. The van der Waals surface area contributed by atoms with Gasteiger partial charge in [0.25, 0.3) is 0 Å². The lowest BCUT2D eigenvalue weighted by molar-refractivity contribution is 0.358. The third-order valence-electron chi connectivity index (χ3n) is 3.44. The first-order valence-corrected chi connectivity index (χ1v) is 7.79. The number of nitrogens with zero attached hydrogens (tertiary/aromatic N) is 2. The fourth-order valence-electron chi connectivity index (χ4n) is 2.34. The molecule has 0 amide bonds. The highest BCUT2D eigenvalue weighted by atomic mass is 16.5. The first-order valence-electron chi connectivity index (χ1n) is 7.79. The molecule has 0 unspecified atom stereocenters. The second-order valence-electron chi connectivity index (χ2n) is 5.17. The molecule has 3 rings (SSSR count). The predicted molar refractivity (Wildman–Crippen MR) is 96.6 cm³/mol. The summed E-state index contributed by atoms with van der Waals surface area (Å²) in [6.07, 6.45) is 1.63. The van der Waals surface area contributed by atoms with E-state index in [1.807, 2.05) is 60.7 Å². The van der Waals surface area contributed by atoms with E-state index in [4.69, 9.17) is 9.47 Å². The molecule has 0 spiro atoms. The van der Waals surface area contributed by atoms with Gasteiger partial charge >= 0.3 is 0 Å². The largest absolute Gasteiger partial charge is 0.488 e. The summed E-state index contributed by atoms with van der Waals surface area (Å²) in [5.74, 6) is 1.44. The summed E-state index contributed by atoms with van der Waals surface area (Å²) in [5.41, 5.74) is 1.71. The summed E-state index contributed by atoms with van der Waals surface area (Å²) in [4.78, 5) is 4.53. The Balaban J connectivity index is 2.10. The van der Waals surface area contributed by atoms with Gasteiger partial charge in [0, 0.05) is 11.6 Å². The third-order valence-corrected chi connectivity index (χ3v) is 3.44. The Morgan fingerprint density at radius 3 is 2.36 bits per heavy atom. The van der Waals surface area contributed by atoms with Crippen LogP contribution in [-0.4, -0.2) is 11.6 Å². The van der Waals surface area contributed by atoms with Crippen molar-refractivity contribution in [2.75, 3.05) is 6.61 Å². The Morgan fingerprint density at radius 2 is 1.72 bits per heavy atom. The molecule has 0 aliphatic rings. The molecule has 0 saturated carbocycles. The lowest BCUT2D eigenvalue weighted by Gasteiger charge is -2.13. The molecule has 4 nitrogen and oxygen atoms in total. The Morgan fingerprint density at radius 1 is 1.04 bits per heavy atom. The number of hydrogen-bond donors (Lipinski definition) is 0. The number of aromatic nitrogens is 1. The summed E-state index contributed by atoms with van der Waals surface area (Å²) in [7, 11) is 0. The van der Waals surface area contributed by atoms with E-state index in [-0.39, 0.29) is 6.61 Å². The van der Waals surface area contributed by atoms with E-state index in [0.717, 1.165) is 5.56 Å². The minimum Gasteiger partial charge on any atom is -0.488 e. The monoisotopic (exact) mass is 328 g/mol. The van der Waals surface area contributed by atoms with Crippen LogP contribution in [0.3, 0.4) is 0 Å². The average molecular weight is 328 g/mol. The van der Waals surface area contributed by atoms with Gasteiger partial charge in [-0.15, -0.1) is 0 Å². The van der Waals surface area contributed by atoms with Crippen LogP contribution < -0.4 is 9.47 Å². The van der Waals surface area contributed by atoms with Gasteiger partial charge < -0.3 is 9.47 Å². The molecule has 1 heterocycles. The molecule has 2 aromatic carbocycles. The topological polar surface area (TPSA) is 55.1 Å². The van der Waals surface area contributed by atoms with Crippen molar-refractivity contribution in [1.29, 1.82) is 5.26 Å². The van der Waals surface area contributed by atoms with Crippen molar-refractivity contribution in [2.45, 2.75) is 0 Å². The van der Waals surface area contributed by atoms with E-state index in [2.05, 4.69) is 17.6 Å². The Hall–Kier alpha value is -3.58. The number of ether oxygens (including phenoxy) is 2. The van der Waals surface area contributed by atoms with E-state index in [0.29, 0.717) is 28.6 Å². The van der Waals surface area contributed by atoms with E-state index in [1.165, 1.54) is 0 Å². The van der Waals surface area contributed by atoms with E-state index in [9.17, 15) is 5.26 Å². The highest BCUT2D eigenvalue weighted by Crippen LogP contribution is 2.33. The van der Waals surface area contributed by atoms with Crippen LogP contribution >= 0.6 is 0 Å². The number of nitriles is 1. The van der Waals surface area contributed by atoms with Crippen LogP contribution in [0.5, 0.6) is 17.4 Å². The maximum absolute atomic E-state index is 9.60. The summed E-state index contributed by atoms with van der Waals surface area (Å²) in [6.45, 7) is 3.94. The van der Waals surface area contributed by atoms with Gasteiger partial charge in [0.15, 0.2) is 0 Å². The molecule has 0 saturated heterocycles. The van der Waals surface area contributed by atoms with Gasteiger partial charge in [-0.2, -0.15) is 5.26 Å². The molecule has 0 aliphatic heterocycles. The molecule has 0 N–H and O–H groups in total. The second kappa shape index (κ2) is 7.80. The summed E-state index contributed by atoms with van der Waals surface area (Å²) >= 11 is 0. The zero-order valence-electron chi connectivity index (χ0n) is 13.6. The van der Waals surface area contributed by atoms with Gasteiger partial charge in [0.1, 0.15) is 29.7 Å². The van der Waals surface area contributed by atoms with Crippen LogP contribution in [-0.2, 0) is 0 Å². The molecule has 0 aliphatic carbocycles. The van der Waals surface area contributed by atoms with Crippen LogP contribution in [0.4, 0.5) is 0 Å². The quantitative estimate of drug-likeness (QED) is 0.599. The molecule has 122 valence electrons. The lowest BCUT2D eigenvalue weighted by Crippen LogP contribution is -2.01. The van der Waals surface area contributed by atoms with Crippen LogP contribution in [0.25, 0.3) is 11.3 Å². The summed E-state index contributed by atoms with van der Waals surface area (Å²) in [5, 5.41) is 9.60.